The molecule has 2 aliphatic rings. The average molecular weight is 279 g/mol. The van der Waals surface area contributed by atoms with Gasteiger partial charge in [0.15, 0.2) is 17.4 Å². The number of hydrogen-bond acceptors (Lipinski definition) is 2. The summed E-state index contributed by atoms with van der Waals surface area (Å²) in [5.74, 6) is -1.48. The molecule has 1 fully saturated rings. The zero-order valence-corrected chi connectivity index (χ0v) is 11.4. The number of benzene rings is 1. The molecule has 1 unspecified atom stereocenters. The topological polar surface area (TPSA) is 21.3 Å². The summed E-state index contributed by atoms with van der Waals surface area (Å²) in [5, 5.41) is 3.24. The summed E-state index contributed by atoms with van der Waals surface area (Å²) in [4.78, 5) is 0. The summed E-state index contributed by atoms with van der Waals surface area (Å²) in [6, 6.07) is 3.24. The molecule has 1 aromatic rings. The smallest absolute Gasteiger partial charge is 0.191 e. The Balaban J connectivity index is 1.69. The molecule has 20 heavy (non-hydrogen) atoms. The van der Waals surface area contributed by atoms with Crippen LogP contribution in [0.5, 0.6) is 5.75 Å². The second-order valence-corrected chi connectivity index (χ2v) is 5.56. The van der Waals surface area contributed by atoms with E-state index in [-0.39, 0.29) is 11.9 Å². The number of halogens is 2. The van der Waals surface area contributed by atoms with E-state index in [9.17, 15) is 8.78 Å². The van der Waals surface area contributed by atoms with E-state index in [0.717, 1.165) is 32.1 Å². The molecular weight excluding hydrogens is 260 g/mol. The molecule has 0 heterocycles. The Kier molecular flexibility index (Phi) is 4.01. The predicted molar refractivity (Wildman–Crippen MR) is 73.6 cm³/mol. The lowest BCUT2D eigenvalue weighted by molar-refractivity contribution is 0.209. The molecule has 1 aromatic carbocycles. The highest BCUT2D eigenvalue weighted by atomic mass is 19.1. The first-order valence-corrected chi connectivity index (χ1v) is 7.27. The average Bonchev–Trinajstić information content (AvgIpc) is 3.26. The maximum absolute atomic E-state index is 14.0. The zero-order chi connectivity index (χ0) is 13.9. The standard InChI is InChI=1S/C16H19F2NO/c17-14-8-11(10-19-12-6-7-12)9-15(18)16(14)20-13-4-2-1-3-5-13/h2,4,8-9,12-13,19H,1,3,5-7,10H2. The summed E-state index contributed by atoms with van der Waals surface area (Å²) in [7, 11) is 0. The van der Waals surface area contributed by atoms with E-state index in [0.29, 0.717) is 18.2 Å². The first-order chi connectivity index (χ1) is 9.72. The Bertz CT molecular complexity index is 488. The van der Waals surface area contributed by atoms with Gasteiger partial charge in [-0.25, -0.2) is 8.78 Å². The van der Waals surface area contributed by atoms with Crippen molar-refractivity contribution in [2.45, 2.75) is 50.8 Å². The van der Waals surface area contributed by atoms with Crippen molar-refractivity contribution in [2.24, 2.45) is 0 Å². The van der Waals surface area contributed by atoms with Crippen LogP contribution in [0.3, 0.4) is 0 Å². The van der Waals surface area contributed by atoms with Gasteiger partial charge in [-0.2, -0.15) is 0 Å². The quantitative estimate of drug-likeness (QED) is 0.830. The van der Waals surface area contributed by atoms with E-state index in [4.69, 9.17) is 4.74 Å². The van der Waals surface area contributed by atoms with Crippen LogP contribution in [0, 0.1) is 11.6 Å². The van der Waals surface area contributed by atoms with Gasteiger partial charge in [0.05, 0.1) is 0 Å². The second-order valence-electron chi connectivity index (χ2n) is 5.56. The van der Waals surface area contributed by atoms with Crippen molar-refractivity contribution in [1.29, 1.82) is 0 Å². The molecule has 1 saturated carbocycles. The number of rotatable bonds is 5. The van der Waals surface area contributed by atoms with Gasteiger partial charge in [0.25, 0.3) is 0 Å². The molecule has 0 saturated heterocycles. The van der Waals surface area contributed by atoms with Gasteiger partial charge >= 0.3 is 0 Å². The minimum atomic E-state index is -0.614. The van der Waals surface area contributed by atoms with Crippen molar-refractivity contribution in [1.82, 2.24) is 5.32 Å². The summed E-state index contributed by atoms with van der Waals surface area (Å²) < 4.78 is 33.4. The zero-order valence-electron chi connectivity index (χ0n) is 11.4. The van der Waals surface area contributed by atoms with E-state index >= 15 is 0 Å². The van der Waals surface area contributed by atoms with Crippen LogP contribution in [0.1, 0.15) is 37.7 Å². The molecule has 0 aliphatic heterocycles. The number of ether oxygens (including phenoxy) is 1. The fourth-order valence-electron chi connectivity index (χ4n) is 2.41. The molecular formula is C16H19F2NO. The fourth-order valence-corrected chi connectivity index (χ4v) is 2.41. The van der Waals surface area contributed by atoms with Gasteiger partial charge in [-0.15, -0.1) is 0 Å². The number of allylic oxidation sites excluding steroid dienone is 1. The van der Waals surface area contributed by atoms with Gasteiger partial charge in [0, 0.05) is 12.6 Å². The third kappa shape index (κ3) is 3.37. The van der Waals surface area contributed by atoms with Gasteiger partial charge < -0.3 is 10.1 Å². The lowest BCUT2D eigenvalue weighted by Crippen LogP contribution is -2.18. The molecule has 1 N–H and O–H groups in total. The van der Waals surface area contributed by atoms with Crippen LogP contribution in [-0.2, 0) is 6.54 Å². The maximum Gasteiger partial charge on any atom is 0.191 e. The van der Waals surface area contributed by atoms with Crippen LogP contribution in [-0.4, -0.2) is 12.1 Å². The minimum absolute atomic E-state index is 0.219. The lowest BCUT2D eigenvalue weighted by Gasteiger charge is -2.19. The largest absolute Gasteiger partial charge is 0.480 e. The second kappa shape index (κ2) is 5.92. The molecule has 0 spiro atoms. The van der Waals surface area contributed by atoms with Crippen molar-refractivity contribution >= 4 is 0 Å². The van der Waals surface area contributed by atoms with Gasteiger partial charge in [-0.1, -0.05) is 6.08 Å². The van der Waals surface area contributed by atoms with E-state index in [1.54, 1.807) is 0 Å². The van der Waals surface area contributed by atoms with Crippen LogP contribution >= 0.6 is 0 Å². The molecule has 4 heteroatoms. The molecule has 2 aliphatic carbocycles. The van der Waals surface area contributed by atoms with Crippen molar-refractivity contribution in [3.05, 3.63) is 41.5 Å². The third-order valence-corrected chi connectivity index (χ3v) is 3.71. The van der Waals surface area contributed by atoms with E-state index in [2.05, 4.69) is 5.32 Å². The summed E-state index contributed by atoms with van der Waals surface area (Å²) in [6.07, 6.45) is 8.77. The minimum Gasteiger partial charge on any atom is -0.480 e. The normalized spacial score (nSPS) is 22.0. The Morgan fingerprint density at radius 2 is 1.90 bits per heavy atom. The van der Waals surface area contributed by atoms with Crippen LogP contribution < -0.4 is 10.1 Å². The van der Waals surface area contributed by atoms with Crippen molar-refractivity contribution < 1.29 is 13.5 Å². The van der Waals surface area contributed by atoms with Crippen LogP contribution in [0.25, 0.3) is 0 Å². The summed E-state index contributed by atoms with van der Waals surface area (Å²) >= 11 is 0. The fraction of sp³-hybridized carbons (Fsp3) is 0.500. The molecule has 108 valence electrons. The monoisotopic (exact) mass is 279 g/mol. The first-order valence-electron chi connectivity index (χ1n) is 7.27. The Morgan fingerprint density at radius 3 is 2.50 bits per heavy atom. The van der Waals surface area contributed by atoms with Gasteiger partial charge in [0.1, 0.15) is 6.10 Å². The Morgan fingerprint density at radius 1 is 1.15 bits per heavy atom. The van der Waals surface area contributed by atoms with Crippen LogP contribution in [0.4, 0.5) is 8.78 Å². The first kappa shape index (κ1) is 13.6. The molecule has 0 amide bonds. The van der Waals surface area contributed by atoms with E-state index in [1.165, 1.54) is 12.1 Å². The van der Waals surface area contributed by atoms with Gasteiger partial charge in [-0.3, -0.25) is 0 Å². The van der Waals surface area contributed by atoms with Crippen molar-refractivity contribution in [2.75, 3.05) is 0 Å². The van der Waals surface area contributed by atoms with Gasteiger partial charge in [0.2, 0.25) is 0 Å². The van der Waals surface area contributed by atoms with E-state index in [1.807, 2.05) is 12.2 Å². The number of hydrogen-bond donors (Lipinski definition) is 1. The Hall–Kier alpha value is -1.42. The van der Waals surface area contributed by atoms with Crippen LogP contribution in [0.2, 0.25) is 0 Å². The highest BCUT2D eigenvalue weighted by Crippen LogP contribution is 2.27. The SMILES string of the molecule is Fc1cc(CNC2CC2)cc(F)c1OC1C=CCCC1. The molecule has 0 aromatic heterocycles. The van der Waals surface area contributed by atoms with Gasteiger partial charge in [-0.05, 0) is 55.9 Å². The maximum atomic E-state index is 14.0. The van der Waals surface area contributed by atoms with Crippen molar-refractivity contribution in [3.8, 4) is 5.75 Å². The number of nitrogens with one attached hydrogen (secondary N) is 1. The summed E-state index contributed by atoms with van der Waals surface area (Å²) in [5.41, 5.74) is 0.624. The highest BCUT2D eigenvalue weighted by molar-refractivity contribution is 5.32. The third-order valence-electron chi connectivity index (χ3n) is 3.71. The molecule has 0 bridgehead atoms. The summed E-state index contributed by atoms with van der Waals surface area (Å²) in [6.45, 7) is 0.502. The molecule has 2 nitrogen and oxygen atoms in total. The van der Waals surface area contributed by atoms with E-state index < -0.39 is 11.6 Å². The predicted octanol–water partition coefficient (Wildman–Crippen LogP) is 3.70. The molecule has 3 rings (SSSR count). The highest BCUT2D eigenvalue weighted by Gasteiger charge is 2.21. The lowest BCUT2D eigenvalue weighted by atomic mass is 10.1. The Labute approximate surface area is 117 Å². The molecule has 0 radical (unpaired) electrons. The van der Waals surface area contributed by atoms with Crippen molar-refractivity contribution in [3.63, 3.8) is 0 Å². The molecule has 1 atom stereocenters. The van der Waals surface area contributed by atoms with Crippen LogP contribution in [0.15, 0.2) is 24.3 Å².